The number of hydroxylamine groups is 4. The lowest BCUT2D eigenvalue weighted by atomic mass is 10.0. The molecule has 0 aromatic carbocycles. The predicted octanol–water partition coefficient (Wildman–Crippen LogP) is -3.72. The van der Waals surface area contributed by atoms with Crippen LogP contribution in [-0.2, 0) is 43.2 Å². The average Bonchev–Trinajstić information content (AvgIpc) is 3.24. The third-order valence-corrected chi connectivity index (χ3v) is 7.73. The lowest BCUT2D eigenvalue weighted by Gasteiger charge is -2.30. The van der Waals surface area contributed by atoms with Gasteiger partial charge in [0, 0.05) is 12.8 Å². The fourth-order valence-corrected chi connectivity index (χ4v) is 5.02. The van der Waals surface area contributed by atoms with Crippen LogP contribution < -0.4 is 43.5 Å². The van der Waals surface area contributed by atoms with Crippen molar-refractivity contribution in [3.05, 3.63) is 0 Å². The van der Waals surface area contributed by atoms with Gasteiger partial charge in [-0.2, -0.15) is 0 Å². The van der Waals surface area contributed by atoms with E-state index < -0.39 is 120 Å². The van der Waals surface area contributed by atoms with Gasteiger partial charge in [-0.1, -0.05) is 13.8 Å². The highest BCUT2D eigenvalue weighted by molar-refractivity contribution is 6.27. The van der Waals surface area contributed by atoms with E-state index in [4.69, 9.17) is 28.3 Å². The number of likely N-dealkylation sites (tertiary alicyclic amines) is 1. The van der Waals surface area contributed by atoms with Gasteiger partial charge in [-0.05, 0) is 49.7 Å². The van der Waals surface area contributed by atoms with Crippen molar-refractivity contribution in [2.24, 2.45) is 17.4 Å². The molecule has 21 heteroatoms. The first-order chi connectivity index (χ1) is 22.9. The van der Waals surface area contributed by atoms with Crippen LogP contribution in [0.4, 0.5) is 0 Å². The maximum absolute atomic E-state index is 13.6. The quantitative estimate of drug-likeness (QED) is 0.0137. The summed E-state index contributed by atoms with van der Waals surface area (Å²) >= 11 is 5.46. The predicted molar refractivity (Wildman–Crippen MR) is 168 cm³/mol. The van der Waals surface area contributed by atoms with E-state index in [1.165, 1.54) is 12.4 Å². The number of hydrogen-bond acceptors (Lipinski definition) is 12. The van der Waals surface area contributed by atoms with Crippen molar-refractivity contribution in [2.45, 2.75) is 95.9 Å². The van der Waals surface area contributed by atoms with Crippen molar-refractivity contribution in [1.82, 2.24) is 32.1 Å². The molecular formula is C28H47ClN9O11+. The van der Waals surface area contributed by atoms with Gasteiger partial charge >= 0.3 is 11.8 Å². The molecule has 0 aliphatic carbocycles. The number of imide groups is 1. The lowest BCUT2D eigenvalue weighted by molar-refractivity contribution is -0.984. The van der Waals surface area contributed by atoms with Gasteiger partial charge in [0.1, 0.15) is 30.4 Å². The minimum atomic E-state index is -2.10. The Balaban J connectivity index is 3.13. The number of nitrogens with two attached hydrogens (primary N) is 2. The molecule has 276 valence electrons. The molecule has 0 aromatic rings. The van der Waals surface area contributed by atoms with Crippen molar-refractivity contribution in [1.29, 1.82) is 0 Å². The zero-order valence-electron chi connectivity index (χ0n) is 27.6. The Morgan fingerprint density at radius 3 is 2.10 bits per heavy atom. The Hall–Kier alpha value is -4.24. The number of unbranched alkanes of at least 4 members (excludes halogenated alkanes) is 1. The molecule has 0 radical (unpaired) electrons. The maximum Gasteiger partial charge on any atom is 0.377 e. The number of primary amides is 1. The van der Waals surface area contributed by atoms with Crippen molar-refractivity contribution < 1.29 is 58.2 Å². The molecule has 0 bridgehead atoms. The number of halogens is 1. The largest absolute Gasteiger partial charge is 0.377 e. The van der Waals surface area contributed by atoms with E-state index in [0.717, 1.165) is 0 Å². The second-order valence-electron chi connectivity index (χ2n) is 11.9. The van der Waals surface area contributed by atoms with Crippen LogP contribution in [0.3, 0.4) is 0 Å². The van der Waals surface area contributed by atoms with E-state index in [2.05, 4.69) is 26.6 Å². The van der Waals surface area contributed by atoms with Gasteiger partial charge in [0.05, 0.1) is 6.54 Å². The fraction of sp³-hybridized carbons (Fsp3) is 0.679. The third kappa shape index (κ3) is 13.0. The summed E-state index contributed by atoms with van der Waals surface area (Å²) in [6.07, 6.45) is -0.742. The number of rotatable bonds is 21. The summed E-state index contributed by atoms with van der Waals surface area (Å²) in [4.78, 5) is 113. The molecule has 1 rings (SSSR count). The van der Waals surface area contributed by atoms with Gasteiger partial charge in [0.25, 0.3) is 11.8 Å². The van der Waals surface area contributed by atoms with E-state index >= 15 is 0 Å². The molecule has 49 heavy (non-hydrogen) atoms. The van der Waals surface area contributed by atoms with Crippen molar-refractivity contribution >= 4 is 64.8 Å². The lowest BCUT2D eigenvalue weighted by Crippen LogP contribution is -2.65. The van der Waals surface area contributed by atoms with Crippen LogP contribution >= 0.6 is 11.6 Å². The summed E-state index contributed by atoms with van der Waals surface area (Å²) < 4.78 is -2.10. The summed E-state index contributed by atoms with van der Waals surface area (Å²) in [5.41, 5.74) is 12.1. The second kappa shape index (κ2) is 20.3. The number of nitrogens with one attached hydrogen (secondary N) is 6. The molecule has 12 N–H and O–H groups in total. The van der Waals surface area contributed by atoms with Crippen LogP contribution in [0, 0.1) is 5.92 Å². The standard InChI is InChI=1S/C28H46ClN9O11/c1-14(2)10-17(25(44)32-13-22(41)34-16(6-4-5-9-30)26(45)33-15(3)24(43)37-48)36-27(46)19(7-8-20(31)39)38(49)23(42)11-18(28(38)47)35-21(40)12-29/h14-19,49H,4-13,30H2,1-3H3,(H8-,31,32,33,34,35,36,37,39,40,41,43,44,45,46,48)/p+1/t15-,16-,17-,18-,19-,38?/m0/s1. The average molecular weight is 721 g/mol. The van der Waals surface area contributed by atoms with E-state index in [9.17, 15) is 48.4 Å². The molecular weight excluding hydrogens is 674 g/mol. The van der Waals surface area contributed by atoms with Crippen LogP contribution in [0.2, 0.25) is 0 Å². The summed E-state index contributed by atoms with van der Waals surface area (Å²) in [5.74, 6) is -9.43. The second-order valence-corrected chi connectivity index (χ2v) is 12.2. The molecule has 1 aliphatic heterocycles. The molecule has 0 spiro atoms. The van der Waals surface area contributed by atoms with Crippen LogP contribution in [0.25, 0.3) is 0 Å². The topological polar surface area (TPSA) is 318 Å². The van der Waals surface area contributed by atoms with Gasteiger partial charge in [-0.15, -0.1) is 11.6 Å². The smallest absolute Gasteiger partial charge is 0.370 e. The Bertz CT molecular complexity index is 1270. The van der Waals surface area contributed by atoms with Gasteiger partial charge < -0.3 is 38.1 Å². The molecule has 20 nitrogen and oxygen atoms in total. The fourth-order valence-electron chi connectivity index (χ4n) is 4.95. The number of hydrogen-bond donors (Lipinski definition) is 10. The van der Waals surface area contributed by atoms with Crippen LogP contribution in [0.15, 0.2) is 0 Å². The minimum Gasteiger partial charge on any atom is -0.370 e. The highest BCUT2D eigenvalue weighted by Gasteiger charge is 2.63. The van der Waals surface area contributed by atoms with Gasteiger partial charge in [0.15, 0.2) is 6.04 Å². The number of amides is 9. The van der Waals surface area contributed by atoms with Gasteiger partial charge in [0.2, 0.25) is 35.6 Å². The van der Waals surface area contributed by atoms with Gasteiger partial charge in [-0.25, -0.2) is 20.3 Å². The Morgan fingerprint density at radius 1 is 0.898 bits per heavy atom. The first-order valence-electron chi connectivity index (χ1n) is 15.6. The van der Waals surface area contributed by atoms with Crippen LogP contribution in [-0.4, -0.2) is 117 Å². The normalized spacial score (nSPS) is 19.6. The van der Waals surface area contributed by atoms with Crippen LogP contribution in [0.5, 0.6) is 0 Å². The highest BCUT2D eigenvalue weighted by Crippen LogP contribution is 2.27. The molecule has 9 amide bonds. The van der Waals surface area contributed by atoms with E-state index in [1.807, 2.05) is 0 Å². The third-order valence-electron chi connectivity index (χ3n) is 7.49. The van der Waals surface area contributed by atoms with E-state index in [1.54, 1.807) is 13.8 Å². The number of quaternary nitrogens is 1. The monoisotopic (exact) mass is 720 g/mol. The number of carbonyl (C=O) groups excluding carboxylic acids is 9. The maximum atomic E-state index is 13.6. The summed E-state index contributed by atoms with van der Waals surface area (Å²) in [7, 11) is 0. The van der Waals surface area contributed by atoms with E-state index in [0.29, 0.717) is 19.4 Å². The number of nitrogens with zero attached hydrogens (tertiary/aromatic N) is 1. The SMILES string of the molecule is CC(C)C[C@H](NC(=O)[C@H](CCC(N)=O)[N+]1(O)C(=O)C[C@H](NC(=O)CCl)C1=O)C(=O)NCC(=O)N[C@@H](CCCCN)C(=O)N[C@@H](C)C(=O)NO. The molecule has 1 aliphatic rings. The van der Waals surface area contributed by atoms with Gasteiger partial charge in [-0.3, -0.25) is 38.8 Å². The summed E-state index contributed by atoms with van der Waals surface area (Å²) in [6.45, 7) is 4.38. The summed E-state index contributed by atoms with van der Waals surface area (Å²) in [5, 5.41) is 31.8. The van der Waals surface area contributed by atoms with Crippen LogP contribution in [0.1, 0.15) is 65.7 Å². The summed E-state index contributed by atoms with van der Waals surface area (Å²) in [6, 6.07) is -7.11. The minimum absolute atomic E-state index is 0.0155. The zero-order chi connectivity index (χ0) is 37.5. The first-order valence-corrected chi connectivity index (χ1v) is 16.1. The first kappa shape index (κ1) is 42.8. The number of carbonyl (C=O) groups is 9. The highest BCUT2D eigenvalue weighted by atomic mass is 35.5. The van der Waals surface area contributed by atoms with Crippen molar-refractivity contribution in [2.75, 3.05) is 19.0 Å². The molecule has 1 heterocycles. The zero-order valence-corrected chi connectivity index (χ0v) is 28.3. The molecule has 6 atom stereocenters. The number of alkyl halides is 1. The molecule has 1 fully saturated rings. The van der Waals surface area contributed by atoms with Crippen molar-refractivity contribution in [3.8, 4) is 0 Å². The Kier molecular flexibility index (Phi) is 17.7. The van der Waals surface area contributed by atoms with E-state index in [-0.39, 0.29) is 18.8 Å². The Labute approximate surface area is 287 Å². The molecule has 1 saturated heterocycles. The molecule has 1 unspecified atom stereocenters. The molecule has 0 aromatic heterocycles. The molecule has 0 saturated carbocycles. The van der Waals surface area contributed by atoms with Crippen molar-refractivity contribution in [3.63, 3.8) is 0 Å². The Morgan fingerprint density at radius 2 is 1.55 bits per heavy atom.